The zero-order valence-electron chi connectivity index (χ0n) is 13.8. The molecule has 0 radical (unpaired) electrons. The van der Waals surface area contributed by atoms with Crippen LogP contribution in [0.4, 0.5) is 8.78 Å². The van der Waals surface area contributed by atoms with Crippen LogP contribution in [0, 0.1) is 17.0 Å². The minimum atomic E-state index is -0.445. The summed E-state index contributed by atoms with van der Waals surface area (Å²) < 4.78 is 32.0. The molecule has 0 aromatic heterocycles. The van der Waals surface area contributed by atoms with Crippen LogP contribution in [0.25, 0.3) is 0 Å². The van der Waals surface area contributed by atoms with Gasteiger partial charge in [0.15, 0.2) is 5.96 Å². The molecule has 0 bridgehead atoms. The van der Waals surface area contributed by atoms with Gasteiger partial charge in [0.25, 0.3) is 0 Å². The van der Waals surface area contributed by atoms with Gasteiger partial charge in [-0.1, -0.05) is 6.42 Å². The summed E-state index contributed by atoms with van der Waals surface area (Å²) in [5.74, 6) is -0.276. The molecule has 6 heteroatoms. The van der Waals surface area contributed by atoms with Crippen molar-refractivity contribution in [2.45, 2.75) is 32.2 Å². The van der Waals surface area contributed by atoms with Gasteiger partial charge in [0.1, 0.15) is 11.6 Å². The van der Waals surface area contributed by atoms with Crippen molar-refractivity contribution < 1.29 is 13.5 Å². The predicted molar refractivity (Wildman–Crippen MR) is 87.3 cm³/mol. The van der Waals surface area contributed by atoms with E-state index in [4.69, 9.17) is 4.74 Å². The Kier molecular flexibility index (Phi) is 6.33. The van der Waals surface area contributed by atoms with Gasteiger partial charge in [0.05, 0.1) is 0 Å². The van der Waals surface area contributed by atoms with Crippen molar-refractivity contribution in [3.63, 3.8) is 0 Å². The fourth-order valence-corrected chi connectivity index (χ4v) is 2.86. The molecule has 2 rings (SSSR count). The number of rotatable bonds is 7. The molecule has 2 N–H and O–H groups in total. The van der Waals surface area contributed by atoms with Crippen LogP contribution < -0.4 is 10.6 Å². The van der Waals surface area contributed by atoms with Gasteiger partial charge in [0, 0.05) is 39.4 Å². The van der Waals surface area contributed by atoms with Gasteiger partial charge in [-0.3, -0.25) is 4.99 Å². The first-order valence-corrected chi connectivity index (χ1v) is 7.96. The Bertz CT molecular complexity index is 545. The van der Waals surface area contributed by atoms with Crippen molar-refractivity contribution >= 4 is 5.96 Å². The van der Waals surface area contributed by atoms with E-state index in [-0.39, 0.29) is 17.5 Å². The average Bonchev–Trinajstić information content (AvgIpc) is 2.51. The number of nitrogens with zero attached hydrogens (tertiary/aromatic N) is 1. The molecule has 0 unspecified atom stereocenters. The standard InChI is InChI=1S/C17H25F2N3O/c1-20-16(21-11-13-10-14(18)4-5-15(13)19)22-12-17(6-3-7-17)8-9-23-2/h4-5,10H,3,6-9,11-12H2,1-2H3,(H2,20,21,22). The highest BCUT2D eigenvalue weighted by molar-refractivity contribution is 5.79. The quantitative estimate of drug-likeness (QED) is 0.598. The van der Waals surface area contributed by atoms with Crippen LogP contribution in [0.3, 0.4) is 0 Å². The number of halogens is 2. The molecule has 0 amide bonds. The van der Waals surface area contributed by atoms with Crippen molar-refractivity contribution in [3.05, 3.63) is 35.4 Å². The van der Waals surface area contributed by atoms with E-state index in [0.717, 1.165) is 31.7 Å². The zero-order chi connectivity index (χ0) is 16.7. The second kappa shape index (κ2) is 8.24. The molecule has 23 heavy (non-hydrogen) atoms. The summed E-state index contributed by atoms with van der Waals surface area (Å²) in [5, 5.41) is 6.32. The second-order valence-electron chi connectivity index (χ2n) is 6.11. The van der Waals surface area contributed by atoms with Gasteiger partial charge in [-0.15, -0.1) is 0 Å². The Balaban J connectivity index is 1.85. The van der Waals surface area contributed by atoms with Gasteiger partial charge in [0.2, 0.25) is 0 Å². The van der Waals surface area contributed by atoms with Crippen LogP contribution in [0.1, 0.15) is 31.2 Å². The first-order valence-electron chi connectivity index (χ1n) is 7.96. The second-order valence-corrected chi connectivity index (χ2v) is 6.11. The molecule has 1 fully saturated rings. The predicted octanol–water partition coefficient (Wildman–Crippen LogP) is 2.84. The maximum Gasteiger partial charge on any atom is 0.191 e. The molecule has 1 saturated carbocycles. The molecule has 1 aliphatic rings. The summed E-state index contributed by atoms with van der Waals surface area (Å²) in [6.45, 7) is 1.75. The summed E-state index contributed by atoms with van der Waals surface area (Å²) in [5.41, 5.74) is 0.545. The van der Waals surface area contributed by atoms with Gasteiger partial charge in [-0.2, -0.15) is 0 Å². The van der Waals surface area contributed by atoms with E-state index in [9.17, 15) is 8.78 Å². The molecule has 128 valence electrons. The molecule has 0 saturated heterocycles. The van der Waals surface area contributed by atoms with Crippen molar-refractivity contribution in [2.24, 2.45) is 10.4 Å². The van der Waals surface area contributed by atoms with E-state index in [1.807, 2.05) is 0 Å². The summed E-state index contributed by atoms with van der Waals surface area (Å²) in [6.07, 6.45) is 4.62. The molecule has 0 heterocycles. The molecular formula is C17H25F2N3O. The largest absolute Gasteiger partial charge is 0.385 e. The van der Waals surface area contributed by atoms with Crippen molar-refractivity contribution in [2.75, 3.05) is 27.3 Å². The number of guanidine groups is 1. The molecule has 4 nitrogen and oxygen atoms in total. The summed E-state index contributed by atoms with van der Waals surface area (Å²) >= 11 is 0. The van der Waals surface area contributed by atoms with Crippen molar-refractivity contribution in [1.82, 2.24) is 10.6 Å². The van der Waals surface area contributed by atoms with Crippen molar-refractivity contribution in [1.29, 1.82) is 0 Å². The Morgan fingerprint density at radius 2 is 2.09 bits per heavy atom. The van der Waals surface area contributed by atoms with E-state index in [1.165, 1.54) is 25.3 Å². The normalized spacial score (nSPS) is 16.8. The first-order chi connectivity index (χ1) is 11.1. The third-order valence-corrected chi connectivity index (χ3v) is 4.56. The lowest BCUT2D eigenvalue weighted by Crippen LogP contribution is -2.46. The molecule has 1 aliphatic carbocycles. The number of ether oxygens (including phenoxy) is 1. The third-order valence-electron chi connectivity index (χ3n) is 4.56. The number of methoxy groups -OCH3 is 1. The van der Waals surface area contributed by atoms with E-state index in [0.29, 0.717) is 5.96 Å². The third kappa shape index (κ3) is 4.89. The lowest BCUT2D eigenvalue weighted by Gasteiger charge is -2.42. The topological polar surface area (TPSA) is 45.7 Å². The van der Waals surface area contributed by atoms with Crippen LogP contribution in [0.15, 0.2) is 23.2 Å². The van der Waals surface area contributed by atoms with Crippen LogP contribution in [0.2, 0.25) is 0 Å². The van der Waals surface area contributed by atoms with E-state index in [2.05, 4.69) is 15.6 Å². The maximum atomic E-state index is 13.6. The molecular weight excluding hydrogens is 300 g/mol. The molecule has 0 atom stereocenters. The highest BCUT2D eigenvalue weighted by Gasteiger charge is 2.36. The highest BCUT2D eigenvalue weighted by atomic mass is 19.1. The maximum absolute atomic E-state index is 13.6. The summed E-state index contributed by atoms with van der Waals surface area (Å²) in [4.78, 5) is 4.14. The fourth-order valence-electron chi connectivity index (χ4n) is 2.86. The summed E-state index contributed by atoms with van der Waals surface area (Å²) in [7, 11) is 3.38. The number of nitrogens with one attached hydrogen (secondary N) is 2. The lowest BCUT2D eigenvalue weighted by atomic mass is 9.67. The van der Waals surface area contributed by atoms with Crippen LogP contribution >= 0.6 is 0 Å². The Labute approximate surface area is 136 Å². The van der Waals surface area contributed by atoms with Gasteiger partial charge >= 0.3 is 0 Å². The number of benzene rings is 1. The van der Waals surface area contributed by atoms with Gasteiger partial charge in [-0.25, -0.2) is 8.78 Å². The first kappa shape index (κ1) is 17.7. The number of hydrogen-bond acceptors (Lipinski definition) is 2. The Morgan fingerprint density at radius 1 is 1.30 bits per heavy atom. The zero-order valence-corrected chi connectivity index (χ0v) is 13.8. The van der Waals surface area contributed by atoms with Gasteiger partial charge < -0.3 is 15.4 Å². The fraction of sp³-hybridized carbons (Fsp3) is 0.588. The van der Waals surface area contributed by atoms with Crippen LogP contribution in [-0.4, -0.2) is 33.3 Å². The average molecular weight is 325 g/mol. The minimum absolute atomic E-state index is 0.189. The number of aliphatic imine (C=N–C) groups is 1. The SMILES string of the molecule is CN=C(NCc1cc(F)ccc1F)NCC1(CCOC)CCC1. The number of hydrogen-bond donors (Lipinski definition) is 2. The molecule has 0 spiro atoms. The monoisotopic (exact) mass is 325 g/mol. The minimum Gasteiger partial charge on any atom is -0.385 e. The molecule has 0 aliphatic heterocycles. The van der Waals surface area contributed by atoms with Gasteiger partial charge in [-0.05, 0) is 42.9 Å². The summed E-state index contributed by atoms with van der Waals surface area (Å²) in [6, 6.07) is 3.44. The van der Waals surface area contributed by atoms with Crippen LogP contribution in [0.5, 0.6) is 0 Å². The lowest BCUT2D eigenvalue weighted by molar-refractivity contribution is 0.0732. The van der Waals surface area contributed by atoms with E-state index < -0.39 is 11.6 Å². The highest BCUT2D eigenvalue weighted by Crippen LogP contribution is 2.43. The molecule has 1 aromatic rings. The molecule has 1 aromatic carbocycles. The Morgan fingerprint density at radius 3 is 2.70 bits per heavy atom. The van der Waals surface area contributed by atoms with E-state index >= 15 is 0 Å². The van der Waals surface area contributed by atoms with Crippen molar-refractivity contribution in [3.8, 4) is 0 Å². The van der Waals surface area contributed by atoms with E-state index in [1.54, 1.807) is 14.2 Å². The smallest absolute Gasteiger partial charge is 0.191 e. The van der Waals surface area contributed by atoms with Crippen LogP contribution in [-0.2, 0) is 11.3 Å². The Hall–Kier alpha value is -1.69.